The third-order valence-electron chi connectivity index (χ3n) is 9.86. The normalized spacial score (nSPS) is 21.7. The summed E-state index contributed by atoms with van der Waals surface area (Å²) in [6.45, 7) is 17.6. The highest BCUT2D eigenvalue weighted by molar-refractivity contribution is 14.1. The number of pyridine rings is 1. The molecule has 0 saturated heterocycles. The van der Waals surface area contributed by atoms with E-state index in [1.165, 1.54) is 54.2 Å². The molecule has 46 heavy (non-hydrogen) atoms. The lowest BCUT2D eigenvalue weighted by Gasteiger charge is -2.31. The minimum atomic E-state index is -1.21. The van der Waals surface area contributed by atoms with Gasteiger partial charge in [-0.1, -0.05) is 52.1 Å². The van der Waals surface area contributed by atoms with E-state index in [4.69, 9.17) is 24.3 Å². The van der Waals surface area contributed by atoms with Crippen LogP contribution in [0.3, 0.4) is 0 Å². The van der Waals surface area contributed by atoms with Gasteiger partial charge >= 0.3 is 0 Å². The fourth-order valence-corrected chi connectivity index (χ4v) is 9.48. The molecule has 3 aromatic rings. The number of nitrogens with zero attached hydrogens (tertiary/aromatic N) is 5. The second-order valence-electron chi connectivity index (χ2n) is 16.5. The number of hydrogen-bond acceptors (Lipinski definition) is 7. The van der Waals surface area contributed by atoms with E-state index < -0.39 is 16.1 Å². The summed E-state index contributed by atoms with van der Waals surface area (Å²) in [6.07, 6.45) is 13.0. The van der Waals surface area contributed by atoms with Crippen LogP contribution in [-0.4, -0.2) is 69.0 Å². The Morgan fingerprint density at radius 1 is 0.870 bits per heavy atom. The molecule has 3 fully saturated rings. The smallest absolute Gasteiger partial charge is 0.213 e. The molecule has 0 radical (unpaired) electrons. The quantitative estimate of drug-likeness (QED) is 0.0623. The van der Waals surface area contributed by atoms with Crippen LogP contribution in [0.5, 0.6) is 5.88 Å². The first-order valence-electron chi connectivity index (χ1n) is 17.5. The minimum Gasteiger partial charge on any atom is -0.477 e. The van der Waals surface area contributed by atoms with E-state index in [0.717, 1.165) is 66.3 Å². The molecular weight excluding hydrogens is 721 g/mol. The Labute approximate surface area is 291 Å². The summed E-state index contributed by atoms with van der Waals surface area (Å²) in [6, 6.07) is 6.35. The molecule has 3 aliphatic carbocycles. The summed E-state index contributed by atoms with van der Waals surface area (Å²) < 4.78 is 22.0. The molecule has 0 aliphatic heterocycles. The van der Waals surface area contributed by atoms with Gasteiger partial charge in [0.25, 0.3) is 0 Å². The Morgan fingerprint density at radius 2 is 1.52 bits per heavy atom. The molecule has 0 aromatic carbocycles. The molecule has 0 N–H and O–H groups in total. The van der Waals surface area contributed by atoms with E-state index in [9.17, 15) is 0 Å². The topological polar surface area (TPSA) is 74.0 Å². The molecule has 0 unspecified atom stereocenters. The first-order chi connectivity index (χ1) is 21.9. The average molecular weight is 776 g/mol. The highest BCUT2D eigenvalue weighted by atomic mass is 127. The van der Waals surface area contributed by atoms with Crippen molar-refractivity contribution in [2.45, 2.75) is 102 Å². The zero-order valence-corrected chi connectivity index (χ0v) is 33.0. The van der Waals surface area contributed by atoms with Crippen molar-refractivity contribution in [3.05, 3.63) is 33.8 Å². The molecule has 11 heteroatoms. The summed E-state index contributed by atoms with van der Waals surface area (Å²) >= 11 is 2.55. The summed E-state index contributed by atoms with van der Waals surface area (Å²) in [7, 11) is -2.43. The predicted octanol–water partition coefficient (Wildman–Crippen LogP) is 8.91. The van der Waals surface area contributed by atoms with Gasteiger partial charge in [0.05, 0.1) is 22.1 Å². The molecule has 3 saturated carbocycles. The molecule has 8 nitrogen and oxygen atoms in total. The minimum absolute atomic E-state index is 0.462. The number of fused-ring (bicyclic) bond motifs is 3. The van der Waals surface area contributed by atoms with Crippen molar-refractivity contribution >= 4 is 50.2 Å². The Kier molecular flexibility index (Phi) is 10.8. The lowest BCUT2D eigenvalue weighted by Crippen LogP contribution is -2.34. The number of anilines is 1. The van der Waals surface area contributed by atoms with Crippen molar-refractivity contribution < 1.29 is 14.2 Å². The van der Waals surface area contributed by atoms with E-state index in [0.29, 0.717) is 31.2 Å². The van der Waals surface area contributed by atoms with Crippen molar-refractivity contribution in [3.8, 4) is 17.0 Å². The lowest BCUT2D eigenvalue weighted by atomic mass is 9.79. The monoisotopic (exact) mass is 775 g/mol. The summed E-state index contributed by atoms with van der Waals surface area (Å²) in [5, 5.41) is 4.98. The highest BCUT2D eigenvalue weighted by Crippen LogP contribution is 2.49. The fourth-order valence-electron chi connectivity index (χ4n) is 6.83. The maximum atomic E-state index is 6.41. The number of ether oxygens (including phenoxy) is 3. The van der Waals surface area contributed by atoms with Gasteiger partial charge in [-0.25, -0.2) is 9.97 Å². The van der Waals surface area contributed by atoms with Crippen LogP contribution in [0.15, 0.2) is 24.5 Å². The first-order valence-corrected chi connectivity index (χ1v) is 26.0. The van der Waals surface area contributed by atoms with Crippen molar-refractivity contribution in [1.29, 1.82) is 0 Å². The van der Waals surface area contributed by atoms with Gasteiger partial charge in [0.15, 0.2) is 11.5 Å². The lowest BCUT2D eigenvalue weighted by molar-refractivity contribution is 0.0940. The van der Waals surface area contributed by atoms with E-state index >= 15 is 0 Å². The van der Waals surface area contributed by atoms with Crippen molar-refractivity contribution in [3.63, 3.8) is 0 Å². The molecule has 6 rings (SSSR count). The van der Waals surface area contributed by atoms with Crippen LogP contribution in [-0.2, 0) is 9.47 Å². The van der Waals surface area contributed by atoms with Gasteiger partial charge in [0.2, 0.25) is 5.88 Å². The Morgan fingerprint density at radius 3 is 2.09 bits per heavy atom. The zero-order valence-electron chi connectivity index (χ0n) is 28.9. The van der Waals surface area contributed by atoms with E-state index in [1.807, 2.05) is 23.0 Å². The second kappa shape index (κ2) is 14.5. The van der Waals surface area contributed by atoms with Crippen molar-refractivity contribution in [2.24, 2.45) is 17.8 Å². The maximum Gasteiger partial charge on any atom is 0.213 e. The number of hydrogen-bond donors (Lipinski definition) is 0. The third-order valence-corrected chi connectivity index (χ3v) is 14.3. The van der Waals surface area contributed by atoms with Gasteiger partial charge in [0.1, 0.15) is 13.5 Å². The summed E-state index contributed by atoms with van der Waals surface area (Å²) in [4.78, 5) is 12.4. The van der Waals surface area contributed by atoms with Gasteiger partial charge in [-0.2, -0.15) is 9.61 Å². The van der Waals surface area contributed by atoms with E-state index in [2.05, 4.69) is 77.8 Å². The Bertz CT molecular complexity index is 1430. The second-order valence-corrected chi connectivity index (χ2v) is 28.8. The van der Waals surface area contributed by atoms with Crippen LogP contribution in [0.4, 0.5) is 5.82 Å². The summed E-state index contributed by atoms with van der Waals surface area (Å²) in [5.41, 5.74) is 4.10. The van der Waals surface area contributed by atoms with Gasteiger partial charge in [-0.15, -0.1) is 0 Å². The van der Waals surface area contributed by atoms with E-state index in [-0.39, 0.29) is 0 Å². The SMILES string of the molecule is C[Si](C)(C)CCOCN(COCC[Si](C)(C)C)c1c(I)c([C@H]2C[C@@H]3CC[C@@H](C3)C2)nc2c(-c3ccc(OCC4CC4)nc3)cnn12. The Balaban J connectivity index is 1.35. The van der Waals surface area contributed by atoms with Crippen molar-refractivity contribution in [2.75, 3.05) is 38.2 Å². The van der Waals surface area contributed by atoms with Gasteiger partial charge in [-0.3, -0.25) is 0 Å². The van der Waals surface area contributed by atoms with Crippen LogP contribution in [0.2, 0.25) is 51.4 Å². The number of aromatic nitrogens is 4. The average Bonchev–Trinajstić information content (AvgIpc) is 3.65. The third kappa shape index (κ3) is 8.92. The maximum absolute atomic E-state index is 6.41. The first kappa shape index (κ1) is 34.3. The van der Waals surface area contributed by atoms with Crippen LogP contribution >= 0.6 is 22.6 Å². The molecule has 3 heterocycles. The van der Waals surface area contributed by atoms with Crippen molar-refractivity contribution in [1.82, 2.24) is 19.6 Å². The van der Waals surface area contributed by atoms with Crippen LogP contribution in [0, 0.1) is 21.3 Å². The summed E-state index contributed by atoms with van der Waals surface area (Å²) in [5.74, 6) is 4.52. The molecule has 3 aliphatic rings. The molecule has 252 valence electrons. The standard InChI is InChI=1S/C35H54IN5O3Si2/c1-45(2,3)15-13-42-23-40(24-43-14-16-46(4,5)6)35-32(36)33(29-18-26-9-10-27(17-26)19-29)39-34-30(21-38-41(34)35)28-11-12-31(37-20-28)44-22-25-7-8-25/h11-12,20-21,25-27,29H,7-10,13-19,22-24H2,1-6H3/t26-,27+,29+. The molecule has 0 spiro atoms. The van der Waals surface area contributed by atoms with Crippen LogP contribution < -0.4 is 9.64 Å². The van der Waals surface area contributed by atoms with Crippen LogP contribution in [0.1, 0.15) is 56.6 Å². The highest BCUT2D eigenvalue weighted by Gasteiger charge is 2.37. The molecule has 0 amide bonds. The van der Waals surface area contributed by atoms with E-state index in [1.54, 1.807) is 0 Å². The predicted molar refractivity (Wildman–Crippen MR) is 200 cm³/mol. The van der Waals surface area contributed by atoms with Gasteiger partial charge in [-0.05, 0) is 90.6 Å². The fraction of sp³-hybridized carbons (Fsp3) is 0.686. The van der Waals surface area contributed by atoms with Gasteiger partial charge in [0, 0.05) is 58.7 Å². The molecule has 2 bridgehead atoms. The zero-order chi connectivity index (χ0) is 32.5. The molecule has 3 aromatic heterocycles. The van der Waals surface area contributed by atoms with Gasteiger partial charge < -0.3 is 19.1 Å². The largest absolute Gasteiger partial charge is 0.477 e. The molecular formula is C35H54IN5O3Si2. The molecule has 3 atom stereocenters. The van der Waals surface area contributed by atoms with Crippen LogP contribution in [0.25, 0.3) is 16.8 Å². The number of halogens is 1. The Hall–Kier alpha value is -1.55. The number of rotatable bonds is 16.